The number of amides is 2. The van der Waals surface area contributed by atoms with Gasteiger partial charge in [0, 0.05) is 17.0 Å². The Kier molecular flexibility index (Phi) is 6.35. The van der Waals surface area contributed by atoms with E-state index < -0.39 is 11.9 Å². The molecule has 0 fully saturated rings. The number of nitrogens with one attached hydrogen (secondary N) is 2. The third-order valence-corrected chi connectivity index (χ3v) is 3.75. The van der Waals surface area contributed by atoms with E-state index in [1.807, 2.05) is 12.1 Å². The molecular formula is C18H16ClN3O2. The molecule has 2 amide bonds. The van der Waals surface area contributed by atoms with Crippen LogP contribution in [-0.4, -0.2) is 24.4 Å². The quantitative estimate of drug-likeness (QED) is 0.791. The molecule has 5 nitrogen and oxygen atoms in total. The Hall–Kier alpha value is -2.84. The molecule has 122 valence electrons. The first-order valence-corrected chi connectivity index (χ1v) is 7.73. The van der Waals surface area contributed by atoms with Crippen molar-refractivity contribution >= 4 is 23.4 Å². The highest BCUT2D eigenvalue weighted by atomic mass is 35.5. The topological polar surface area (TPSA) is 82.0 Å². The van der Waals surface area contributed by atoms with Crippen LogP contribution in [0.2, 0.25) is 5.02 Å². The van der Waals surface area contributed by atoms with Gasteiger partial charge in [-0.2, -0.15) is 5.26 Å². The molecule has 2 aromatic rings. The molecule has 0 saturated carbocycles. The Morgan fingerprint density at radius 2 is 1.75 bits per heavy atom. The highest BCUT2D eigenvalue weighted by Gasteiger charge is 2.22. The molecule has 0 saturated heterocycles. The smallest absolute Gasteiger partial charge is 0.251 e. The van der Waals surface area contributed by atoms with Crippen molar-refractivity contribution in [2.45, 2.75) is 12.5 Å². The first-order valence-electron chi connectivity index (χ1n) is 7.36. The van der Waals surface area contributed by atoms with E-state index in [0.717, 1.165) is 5.56 Å². The highest BCUT2D eigenvalue weighted by molar-refractivity contribution is 6.31. The van der Waals surface area contributed by atoms with Gasteiger partial charge in [-0.1, -0.05) is 48.0 Å². The van der Waals surface area contributed by atoms with Crippen molar-refractivity contribution in [1.29, 1.82) is 5.26 Å². The molecule has 0 aliphatic carbocycles. The van der Waals surface area contributed by atoms with Gasteiger partial charge in [0.15, 0.2) is 0 Å². The fourth-order valence-corrected chi connectivity index (χ4v) is 2.39. The zero-order valence-electron chi connectivity index (χ0n) is 12.8. The van der Waals surface area contributed by atoms with Gasteiger partial charge in [0.05, 0.1) is 6.07 Å². The van der Waals surface area contributed by atoms with E-state index >= 15 is 0 Å². The Morgan fingerprint density at radius 3 is 2.42 bits per heavy atom. The normalized spacial score (nSPS) is 11.2. The van der Waals surface area contributed by atoms with Crippen molar-refractivity contribution < 1.29 is 9.59 Å². The minimum absolute atomic E-state index is 0.126. The number of rotatable bonds is 6. The maximum atomic E-state index is 12.3. The second-order valence-corrected chi connectivity index (χ2v) is 5.47. The molecule has 2 rings (SSSR count). The SMILES string of the molecule is N#CCNC(=O)[C@H](Cc1ccccc1Cl)NC(=O)c1ccccc1. The molecule has 0 radical (unpaired) electrons. The van der Waals surface area contributed by atoms with Crippen molar-refractivity contribution in [2.75, 3.05) is 6.54 Å². The van der Waals surface area contributed by atoms with E-state index in [1.54, 1.807) is 48.5 Å². The van der Waals surface area contributed by atoms with E-state index in [4.69, 9.17) is 16.9 Å². The van der Waals surface area contributed by atoms with Crippen LogP contribution in [0.1, 0.15) is 15.9 Å². The van der Waals surface area contributed by atoms with Crippen LogP contribution in [0.3, 0.4) is 0 Å². The molecule has 2 aromatic carbocycles. The summed E-state index contributed by atoms with van der Waals surface area (Å²) in [6.45, 7) is -0.126. The summed E-state index contributed by atoms with van der Waals surface area (Å²) in [7, 11) is 0. The van der Waals surface area contributed by atoms with Gasteiger partial charge < -0.3 is 10.6 Å². The van der Waals surface area contributed by atoms with Gasteiger partial charge in [0.1, 0.15) is 12.6 Å². The second-order valence-electron chi connectivity index (χ2n) is 5.06. The number of hydrogen-bond acceptors (Lipinski definition) is 3. The molecule has 24 heavy (non-hydrogen) atoms. The Morgan fingerprint density at radius 1 is 1.08 bits per heavy atom. The van der Waals surface area contributed by atoms with Gasteiger partial charge in [0.25, 0.3) is 5.91 Å². The average Bonchev–Trinajstić information content (AvgIpc) is 2.61. The van der Waals surface area contributed by atoms with E-state index in [0.29, 0.717) is 10.6 Å². The van der Waals surface area contributed by atoms with E-state index in [9.17, 15) is 9.59 Å². The maximum Gasteiger partial charge on any atom is 0.251 e. The lowest BCUT2D eigenvalue weighted by molar-refractivity contribution is -0.122. The molecule has 0 aromatic heterocycles. The summed E-state index contributed by atoms with van der Waals surface area (Å²) in [5.74, 6) is -0.791. The van der Waals surface area contributed by atoms with Crippen LogP contribution in [0.5, 0.6) is 0 Å². The molecule has 0 aliphatic heterocycles. The summed E-state index contributed by atoms with van der Waals surface area (Å²) < 4.78 is 0. The van der Waals surface area contributed by atoms with Crippen molar-refractivity contribution in [2.24, 2.45) is 0 Å². The molecular weight excluding hydrogens is 326 g/mol. The molecule has 0 bridgehead atoms. The fourth-order valence-electron chi connectivity index (χ4n) is 2.17. The van der Waals surface area contributed by atoms with E-state index in [2.05, 4.69) is 10.6 Å². The van der Waals surface area contributed by atoms with Gasteiger partial charge in [-0.15, -0.1) is 0 Å². The van der Waals surface area contributed by atoms with Crippen LogP contribution in [0.25, 0.3) is 0 Å². The average molecular weight is 342 g/mol. The summed E-state index contributed by atoms with van der Waals surface area (Å²) in [6, 6.07) is 16.7. The molecule has 0 spiro atoms. The Balaban J connectivity index is 2.16. The van der Waals surface area contributed by atoms with Crippen molar-refractivity contribution in [3.05, 3.63) is 70.7 Å². The van der Waals surface area contributed by atoms with Crippen LogP contribution in [0, 0.1) is 11.3 Å². The summed E-state index contributed by atoms with van der Waals surface area (Å²) >= 11 is 6.13. The van der Waals surface area contributed by atoms with E-state index in [1.165, 1.54) is 0 Å². The second kappa shape index (κ2) is 8.70. The van der Waals surface area contributed by atoms with Gasteiger partial charge in [0.2, 0.25) is 5.91 Å². The molecule has 0 heterocycles. The number of hydrogen-bond donors (Lipinski definition) is 2. The van der Waals surface area contributed by atoms with Crippen molar-refractivity contribution in [3.63, 3.8) is 0 Å². The Bertz CT molecular complexity index is 756. The van der Waals surface area contributed by atoms with Crippen molar-refractivity contribution in [1.82, 2.24) is 10.6 Å². The Labute approximate surface area is 145 Å². The maximum absolute atomic E-state index is 12.3. The van der Waals surface area contributed by atoms with Crippen molar-refractivity contribution in [3.8, 4) is 6.07 Å². The minimum atomic E-state index is -0.828. The van der Waals surface area contributed by atoms with Crippen LogP contribution in [-0.2, 0) is 11.2 Å². The first-order chi connectivity index (χ1) is 11.6. The predicted octanol–water partition coefficient (Wildman–Crippen LogP) is 2.32. The van der Waals surface area contributed by atoms with Gasteiger partial charge in [-0.05, 0) is 23.8 Å². The van der Waals surface area contributed by atoms with E-state index in [-0.39, 0.29) is 18.9 Å². The third-order valence-electron chi connectivity index (χ3n) is 3.38. The molecule has 1 atom stereocenters. The molecule has 6 heteroatoms. The number of carbonyl (C=O) groups excluding carboxylic acids is 2. The summed E-state index contributed by atoms with van der Waals surface area (Å²) in [5.41, 5.74) is 1.19. The highest BCUT2D eigenvalue weighted by Crippen LogP contribution is 2.17. The largest absolute Gasteiger partial charge is 0.341 e. The number of carbonyl (C=O) groups is 2. The number of halogens is 1. The zero-order valence-corrected chi connectivity index (χ0v) is 13.6. The summed E-state index contributed by atoms with van der Waals surface area (Å²) in [6.07, 6.45) is 0.232. The first kappa shape index (κ1) is 17.5. The third kappa shape index (κ3) is 4.83. The van der Waals surface area contributed by atoms with Crippen LogP contribution in [0.15, 0.2) is 54.6 Å². The summed E-state index contributed by atoms with van der Waals surface area (Å²) in [4.78, 5) is 24.6. The molecule has 0 aliphatic rings. The van der Waals surface area contributed by atoms with Gasteiger partial charge in [-0.3, -0.25) is 9.59 Å². The fraction of sp³-hybridized carbons (Fsp3) is 0.167. The molecule has 2 N–H and O–H groups in total. The standard InChI is InChI=1S/C18H16ClN3O2/c19-15-9-5-4-8-14(15)12-16(18(24)21-11-10-20)22-17(23)13-6-2-1-3-7-13/h1-9,16H,11-12H2,(H,21,24)(H,22,23)/t16-/m0/s1. The van der Waals surface area contributed by atoms with Crippen LogP contribution in [0.4, 0.5) is 0 Å². The number of nitriles is 1. The van der Waals surface area contributed by atoms with Crippen LogP contribution >= 0.6 is 11.6 Å². The minimum Gasteiger partial charge on any atom is -0.341 e. The molecule has 0 unspecified atom stereocenters. The lowest BCUT2D eigenvalue weighted by atomic mass is 10.0. The zero-order chi connectivity index (χ0) is 17.4. The monoisotopic (exact) mass is 341 g/mol. The number of benzene rings is 2. The van der Waals surface area contributed by atoms with Gasteiger partial charge in [-0.25, -0.2) is 0 Å². The predicted molar refractivity (Wildman–Crippen MR) is 91.5 cm³/mol. The summed E-state index contributed by atoms with van der Waals surface area (Å²) in [5, 5.41) is 14.3. The van der Waals surface area contributed by atoms with Crippen LogP contribution < -0.4 is 10.6 Å². The van der Waals surface area contributed by atoms with Gasteiger partial charge >= 0.3 is 0 Å². The lowest BCUT2D eigenvalue weighted by Crippen LogP contribution is -2.48. The number of nitrogens with zero attached hydrogens (tertiary/aromatic N) is 1. The lowest BCUT2D eigenvalue weighted by Gasteiger charge is -2.18.